The van der Waals surface area contributed by atoms with Crippen LogP contribution in [0, 0.1) is 0 Å². The Kier molecular flexibility index (Phi) is 11.2. The van der Waals surface area contributed by atoms with Crippen molar-refractivity contribution in [1.29, 1.82) is 0 Å². The van der Waals surface area contributed by atoms with Crippen LogP contribution in [-0.2, 0) is 35.2 Å². The summed E-state index contributed by atoms with van der Waals surface area (Å²) in [4.78, 5) is 70.2. The first kappa shape index (κ1) is 28.0. The zero-order chi connectivity index (χ0) is 25.8. The summed E-state index contributed by atoms with van der Waals surface area (Å²) in [6.45, 7) is 1.30. The van der Waals surface area contributed by atoms with Gasteiger partial charge in [-0.15, -0.1) is 0 Å². The Balaban J connectivity index is 2.76. The third-order valence-electron chi connectivity index (χ3n) is 4.66. The molecule has 0 saturated carbocycles. The fourth-order valence-corrected chi connectivity index (χ4v) is 2.82. The normalized spacial score (nSPS) is 14.1. The molecule has 13 heteroatoms. The number of hydrogen-bond donors (Lipinski definition) is 7. The Hall–Kier alpha value is -4.00. The van der Waals surface area contributed by atoms with Crippen LogP contribution in [0.15, 0.2) is 30.3 Å². The SMILES string of the molecule is CC(NC(=O)C(N)Cc1ccccc1)C(=O)NC(CC(=O)O)C(=O)NC(CCC(=O)O)C(=O)O. The number of rotatable bonds is 14. The van der Waals surface area contributed by atoms with Gasteiger partial charge in [0.25, 0.3) is 0 Å². The summed E-state index contributed by atoms with van der Waals surface area (Å²) in [6, 6.07) is 3.47. The third-order valence-corrected chi connectivity index (χ3v) is 4.66. The molecule has 3 amide bonds. The van der Waals surface area contributed by atoms with E-state index < -0.39 is 79.1 Å². The monoisotopic (exact) mass is 480 g/mol. The lowest BCUT2D eigenvalue weighted by molar-refractivity contribution is -0.144. The minimum absolute atomic E-state index is 0.206. The van der Waals surface area contributed by atoms with Gasteiger partial charge in [0, 0.05) is 6.42 Å². The molecule has 0 radical (unpaired) electrons. The highest BCUT2D eigenvalue weighted by Gasteiger charge is 2.30. The third kappa shape index (κ3) is 10.1. The molecule has 0 aromatic heterocycles. The lowest BCUT2D eigenvalue weighted by Gasteiger charge is -2.23. The summed E-state index contributed by atoms with van der Waals surface area (Å²) in [5.41, 5.74) is 6.67. The molecule has 0 heterocycles. The molecule has 0 aliphatic rings. The largest absolute Gasteiger partial charge is 0.481 e. The predicted octanol–water partition coefficient (Wildman–Crippen LogP) is -1.55. The van der Waals surface area contributed by atoms with E-state index in [4.69, 9.17) is 21.1 Å². The predicted molar refractivity (Wildman–Crippen MR) is 116 cm³/mol. The van der Waals surface area contributed by atoms with Gasteiger partial charge in [-0.2, -0.15) is 0 Å². The Morgan fingerprint density at radius 1 is 0.824 bits per heavy atom. The van der Waals surface area contributed by atoms with Gasteiger partial charge in [-0.1, -0.05) is 30.3 Å². The van der Waals surface area contributed by atoms with Gasteiger partial charge in [0.15, 0.2) is 0 Å². The number of nitrogens with two attached hydrogens (primary N) is 1. The van der Waals surface area contributed by atoms with Gasteiger partial charge in [0.05, 0.1) is 12.5 Å². The molecule has 1 aromatic rings. The van der Waals surface area contributed by atoms with E-state index in [9.17, 15) is 28.8 Å². The second kappa shape index (κ2) is 13.5. The number of nitrogens with one attached hydrogen (secondary N) is 3. The molecule has 186 valence electrons. The van der Waals surface area contributed by atoms with Gasteiger partial charge in [-0.3, -0.25) is 24.0 Å². The van der Waals surface area contributed by atoms with Gasteiger partial charge in [-0.05, 0) is 25.3 Å². The van der Waals surface area contributed by atoms with Crippen LogP contribution in [0.4, 0.5) is 0 Å². The molecule has 13 nitrogen and oxygen atoms in total. The average molecular weight is 480 g/mol. The number of carboxylic acids is 3. The molecule has 0 aliphatic heterocycles. The van der Waals surface area contributed by atoms with Gasteiger partial charge in [0.2, 0.25) is 17.7 Å². The zero-order valence-corrected chi connectivity index (χ0v) is 18.4. The standard InChI is InChI=1S/C21H28N4O9/c1-11(23-19(31)13(22)9-12-5-3-2-4-6-12)18(30)25-15(10-17(28)29)20(32)24-14(21(33)34)7-8-16(26)27/h2-6,11,13-15H,7-10,22H2,1H3,(H,23,31)(H,24,32)(H,25,30)(H,26,27)(H,28,29)(H,33,34). The van der Waals surface area contributed by atoms with Crippen LogP contribution >= 0.6 is 0 Å². The Bertz CT molecular complexity index is 907. The van der Waals surface area contributed by atoms with Crippen LogP contribution in [0.2, 0.25) is 0 Å². The van der Waals surface area contributed by atoms with Crippen molar-refractivity contribution in [2.75, 3.05) is 0 Å². The van der Waals surface area contributed by atoms with Crippen LogP contribution in [0.25, 0.3) is 0 Å². The average Bonchev–Trinajstić information content (AvgIpc) is 2.75. The molecular formula is C21H28N4O9. The number of aliphatic carboxylic acids is 3. The summed E-state index contributed by atoms with van der Waals surface area (Å²) in [6.07, 6.45) is -1.68. The number of hydrogen-bond acceptors (Lipinski definition) is 7. The summed E-state index contributed by atoms with van der Waals surface area (Å²) >= 11 is 0. The van der Waals surface area contributed by atoms with Crippen LogP contribution in [-0.4, -0.2) is 75.1 Å². The van der Waals surface area contributed by atoms with Crippen molar-refractivity contribution >= 4 is 35.6 Å². The highest BCUT2D eigenvalue weighted by atomic mass is 16.4. The molecule has 0 fully saturated rings. The molecule has 0 spiro atoms. The molecule has 34 heavy (non-hydrogen) atoms. The first-order valence-corrected chi connectivity index (χ1v) is 10.3. The van der Waals surface area contributed by atoms with Crippen molar-refractivity contribution in [2.45, 2.75) is 56.8 Å². The molecule has 0 aliphatic carbocycles. The molecule has 4 unspecified atom stereocenters. The number of carbonyl (C=O) groups is 6. The van der Waals surface area contributed by atoms with E-state index in [1.54, 1.807) is 30.3 Å². The summed E-state index contributed by atoms with van der Waals surface area (Å²) < 4.78 is 0. The van der Waals surface area contributed by atoms with Crippen molar-refractivity contribution in [3.63, 3.8) is 0 Å². The van der Waals surface area contributed by atoms with E-state index in [2.05, 4.69) is 10.6 Å². The van der Waals surface area contributed by atoms with Gasteiger partial charge < -0.3 is 37.0 Å². The Morgan fingerprint density at radius 3 is 1.94 bits per heavy atom. The topological polar surface area (TPSA) is 225 Å². The second-order valence-electron chi connectivity index (χ2n) is 7.52. The fraction of sp³-hybridized carbons (Fsp3) is 0.429. The van der Waals surface area contributed by atoms with Crippen molar-refractivity contribution in [2.24, 2.45) is 5.73 Å². The van der Waals surface area contributed by atoms with Crippen molar-refractivity contribution < 1.29 is 44.1 Å². The number of benzene rings is 1. The minimum Gasteiger partial charge on any atom is -0.481 e. The zero-order valence-electron chi connectivity index (χ0n) is 18.4. The van der Waals surface area contributed by atoms with Gasteiger partial charge >= 0.3 is 17.9 Å². The number of carbonyl (C=O) groups excluding carboxylic acids is 3. The maximum Gasteiger partial charge on any atom is 0.326 e. The number of amides is 3. The van der Waals surface area contributed by atoms with E-state index in [1.165, 1.54) is 6.92 Å². The molecule has 0 saturated heterocycles. The highest BCUT2D eigenvalue weighted by molar-refractivity contribution is 5.95. The van der Waals surface area contributed by atoms with E-state index in [1.807, 2.05) is 5.32 Å². The van der Waals surface area contributed by atoms with Crippen LogP contribution in [0.1, 0.15) is 31.7 Å². The highest BCUT2D eigenvalue weighted by Crippen LogP contribution is 2.04. The lowest BCUT2D eigenvalue weighted by Crippen LogP contribution is -2.57. The van der Waals surface area contributed by atoms with E-state index in [-0.39, 0.29) is 6.42 Å². The summed E-state index contributed by atoms with van der Waals surface area (Å²) in [5.74, 6) is -6.95. The first-order chi connectivity index (χ1) is 15.9. The van der Waals surface area contributed by atoms with Gasteiger partial charge in [-0.25, -0.2) is 4.79 Å². The molecular weight excluding hydrogens is 452 g/mol. The molecule has 0 bridgehead atoms. The van der Waals surface area contributed by atoms with Crippen molar-refractivity contribution in [1.82, 2.24) is 16.0 Å². The van der Waals surface area contributed by atoms with Crippen molar-refractivity contribution in [3.8, 4) is 0 Å². The maximum atomic E-state index is 12.5. The molecule has 4 atom stereocenters. The Labute approximate surface area is 194 Å². The summed E-state index contributed by atoms with van der Waals surface area (Å²) in [5, 5.41) is 33.5. The first-order valence-electron chi connectivity index (χ1n) is 10.3. The second-order valence-corrected chi connectivity index (χ2v) is 7.52. The number of carboxylic acid groups (broad SMARTS) is 3. The van der Waals surface area contributed by atoms with Crippen molar-refractivity contribution in [3.05, 3.63) is 35.9 Å². The fourth-order valence-electron chi connectivity index (χ4n) is 2.82. The molecule has 8 N–H and O–H groups in total. The van der Waals surface area contributed by atoms with E-state index in [0.717, 1.165) is 5.56 Å². The smallest absolute Gasteiger partial charge is 0.326 e. The van der Waals surface area contributed by atoms with E-state index in [0.29, 0.717) is 0 Å². The lowest BCUT2D eigenvalue weighted by atomic mass is 10.1. The Morgan fingerprint density at radius 2 is 1.41 bits per heavy atom. The maximum absolute atomic E-state index is 12.5. The molecule has 1 rings (SSSR count). The minimum atomic E-state index is -1.67. The molecule has 1 aromatic carbocycles. The van der Waals surface area contributed by atoms with Gasteiger partial charge in [0.1, 0.15) is 18.1 Å². The van der Waals surface area contributed by atoms with Crippen LogP contribution in [0.5, 0.6) is 0 Å². The quantitative estimate of drug-likeness (QED) is 0.162. The van der Waals surface area contributed by atoms with E-state index >= 15 is 0 Å². The van der Waals surface area contributed by atoms with Crippen LogP contribution in [0.3, 0.4) is 0 Å². The van der Waals surface area contributed by atoms with Crippen LogP contribution < -0.4 is 21.7 Å². The summed E-state index contributed by atoms with van der Waals surface area (Å²) in [7, 11) is 0.